The van der Waals surface area contributed by atoms with Crippen LogP contribution in [0.3, 0.4) is 0 Å². The van der Waals surface area contributed by atoms with Crippen LogP contribution in [0, 0.1) is 6.92 Å². The number of carbonyl (C=O) groups excluding carboxylic acids is 1. The number of fused-ring (bicyclic) bond motifs is 2. The van der Waals surface area contributed by atoms with Crippen LogP contribution < -0.4 is 10.1 Å². The molecule has 0 aliphatic heterocycles. The first kappa shape index (κ1) is 17.0. The summed E-state index contributed by atoms with van der Waals surface area (Å²) in [6.07, 6.45) is 1.58. The van der Waals surface area contributed by atoms with Gasteiger partial charge in [0.25, 0.3) is 0 Å². The Hall–Kier alpha value is -3.39. The van der Waals surface area contributed by atoms with Crippen molar-refractivity contribution in [2.24, 2.45) is 0 Å². The van der Waals surface area contributed by atoms with Crippen molar-refractivity contribution < 1.29 is 19.4 Å². The molecule has 4 aromatic rings. The maximum atomic E-state index is 12.1. The number of rotatable bonds is 3. The molecule has 0 unspecified atom stereocenters. The lowest BCUT2D eigenvalue weighted by Gasteiger charge is -2.08. The van der Waals surface area contributed by atoms with E-state index in [1.54, 1.807) is 29.9 Å². The summed E-state index contributed by atoms with van der Waals surface area (Å²) < 4.78 is 8.27. The minimum Gasteiger partial charge on any atom is -0.477 e. The molecule has 0 fully saturated rings. The van der Waals surface area contributed by atoms with E-state index in [0.717, 1.165) is 27.9 Å². The number of benzene rings is 1. The van der Waals surface area contributed by atoms with E-state index < -0.39 is 5.97 Å². The summed E-state index contributed by atoms with van der Waals surface area (Å²) in [5, 5.41) is 12.7. The highest BCUT2D eigenvalue weighted by Crippen LogP contribution is 2.36. The lowest BCUT2D eigenvalue weighted by Crippen LogP contribution is -2.25. The minimum atomic E-state index is -0.989. The number of carbonyl (C=O) groups is 2. The zero-order valence-electron chi connectivity index (χ0n) is 14.5. The third kappa shape index (κ3) is 2.89. The summed E-state index contributed by atoms with van der Waals surface area (Å²) in [6, 6.07) is 10.4. The summed E-state index contributed by atoms with van der Waals surface area (Å²) in [4.78, 5) is 27.7. The maximum absolute atomic E-state index is 12.1. The molecule has 0 saturated carbocycles. The number of ether oxygens (including phenoxy) is 1. The van der Waals surface area contributed by atoms with Crippen molar-refractivity contribution in [3.63, 3.8) is 0 Å². The molecular formula is C19H15N3O4S. The van der Waals surface area contributed by atoms with Crippen molar-refractivity contribution in [3.05, 3.63) is 53.2 Å². The van der Waals surface area contributed by atoms with Crippen molar-refractivity contribution in [2.75, 3.05) is 7.05 Å². The number of hydrogen-bond donors (Lipinski definition) is 2. The van der Waals surface area contributed by atoms with E-state index in [2.05, 4.69) is 10.3 Å². The highest BCUT2D eigenvalue weighted by molar-refractivity contribution is 7.21. The quantitative estimate of drug-likeness (QED) is 0.554. The van der Waals surface area contributed by atoms with Crippen molar-refractivity contribution in [1.29, 1.82) is 0 Å². The van der Waals surface area contributed by atoms with Crippen LogP contribution in [0.25, 0.3) is 21.1 Å². The number of carboxylic acids is 1. The molecule has 3 heterocycles. The van der Waals surface area contributed by atoms with Gasteiger partial charge in [0.05, 0.1) is 15.7 Å². The fraction of sp³-hybridized carbons (Fsp3) is 0.105. The van der Waals surface area contributed by atoms with Gasteiger partial charge in [0.15, 0.2) is 0 Å². The van der Waals surface area contributed by atoms with Gasteiger partial charge in [0, 0.05) is 30.4 Å². The van der Waals surface area contributed by atoms with E-state index >= 15 is 0 Å². The van der Waals surface area contributed by atoms with Gasteiger partial charge in [-0.25, -0.2) is 9.59 Å². The lowest BCUT2D eigenvalue weighted by molar-refractivity contribution is 0.0702. The smallest absolute Gasteiger partial charge is 0.345 e. The van der Waals surface area contributed by atoms with Gasteiger partial charge >= 0.3 is 12.0 Å². The Balaban J connectivity index is 1.75. The first-order valence-electron chi connectivity index (χ1n) is 8.12. The second-order valence-corrected chi connectivity index (χ2v) is 6.99. The molecule has 0 atom stereocenters. The van der Waals surface area contributed by atoms with E-state index in [1.807, 2.05) is 25.1 Å². The fourth-order valence-corrected chi connectivity index (χ4v) is 3.91. The second kappa shape index (κ2) is 6.40. The highest BCUT2D eigenvalue weighted by Gasteiger charge is 2.15. The van der Waals surface area contributed by atoms with E-state index in [1.165, 1.54) is 6.07 Å². The molecule has 0 aliphatic carbocycles. The number of hydrogen-bond acceptors (Lipinski definition) is 5. The molecule has 7 nitrogen and oxygen atoms in total. The molecule has 0 bridgehead atoms. The van der Waals surface area contributed by atoms with Crippen molar-refractivity contribution in [3.8, 4) is 11.5 Å². The van der Waals surface area contributed by atoms with Crippen molar-refractivity contribution in [2.45, 2.75) is 6.92 Å². The van der Waals surface area contributed by atoms with Crippen LogP contribution in [-0.4, -0.2) is 33.7 Å². The molecule has 0 aliphatic rings. The van der Waals surface area contributed by atoms with Crippen molar-refractivity contribution in [1.82, 2.24) is 14.9 Å². The molecule has 4 rings (SSSR count). The van der Waals surface area contributed by atoms with E-state index in [-0.39, 0.29) is 10.9 Å². The average Bonchev–Trinajstić information content (AvgIpc) is 3.22. The maximum Gasteiger partial charge on any atom is 0.345 e. The number of aromatic carboxylic acids is 1. The topological polar surface area (TPSA) is 93.5 Å². The number of amides is 1. The first-order valence-corrected chi connectivity index (χ1v) is 8.93. The average molecular weight is 381 g/mol. The summed E-state index contributed by atoms with van der Waals surface area (Å²) in [5.41, 5.74) is 2.18. The van der Waals surface area contributed by atoms with Crippen LogP contribution in [0.4, 0.5) is 4.79 Å². The van der Waals surface area contributed by atoms with Gasteiger partial charge in [-0.3, -0.25) is 9.55 Å². The molecule has 136 valence electrons. The Labute approximate surface area is 157 Å². The second-order valence-electron chi connectivity index (χ2n) is 5.94. The van der Waals surface area contributed by atoms with Gasteiger partial charge in [-0.2, -0.15) is 0 Å². The Morgan fingerprint density at radius 1 is 1.22 bits per heavy atom. The van der Waals surface area contributed by atoms with Gasteiger partial charge in [0.1, 0.15) is 16.4 Å². The summed E-state index contributed by atoms with van der Waals surface area (Å²) in [6.45, 7) is 1.86. The molecule has 27 heavy (non-hydrogen) atoms. The Morgan fingerprint density at radius 3 is 2.78 bits per heavy atom. The number of nitrogens with one attached hydrogen (secondary N) is 1. The van der Waals surface area contributed by atoms with Crippen LogP contribution in [0.1, 0.15) is 15.4 Å². The molecule has 0 spiro atoms. The van der Waals surface area contributed by atoms with Crippen LogP contribution in [-0.2, 0) is 0 Å². The third-order valence-corrected chi connectivity index (χ3v) is 5.32. The molecule has 0 radical (unpaired) electrons. The van der Waals surface area contributed by atoms with Gasteiger partial charge in [0.2, 0.25) is 0 Å². The standard InChI is InChI=1S/C19H15N3O4S/c1-10-7-11-8-12(3-4-14(11)22(10)19(25)20-2)26-15-5-6-21-13-9-16(18(23)24)27-17(13)15/h3-9H,1-2H3,(H,20,25)(H,23,24). The predicted molar refractivity (Wildman–Crippen MR) is 103 cm³/mol. The van der Waals surface area contributed by atoms with Gasteiger partial charge in [-0.15, -0.1) is 11.3 Å². The summed E-state index contributed by atoms with van der Waals surface area (Å²) in [7, 11) is 1.59. The summed E-state index contributed by atoms with van der Waals surface area (Å²) >= 11 is 1.12. The number of thiophene rings is 1. The first-order chi connectivity index (χ1) is 13.0. The number of nitrogens with zero attached hydrogens (tertiary/aromatic N) is 2. The Kier molecular flexibility index (Phi) is 4.04. The molecule has 1 amide bonds. The largest absolute Gasteiger partial charge is 0.477 e. The Bertz CT molecular complexity index is 1210. The van der Waals surface area contributed by atoms with E-state index in [9.17, 15) is 14.7 Å². The molecule has 2 N–H and O–H groups in total. The van der Waals surface area contributed by atoms with Gasteiger partial charge < -0.3 is 15.2 Å². The monoisotopic (exact) mass is 381 g/mol. The molecule has 0 saturated heterocycles. The lowest BCUT2D eigenvalue weighted by atomic mass is 10.2. The van der Waals surface area contributed by atoms with Crippen LogP contribution >= 0.6 is 11.3 Å². The normalized spacial score (nSPS) is 11.0. The van der Waals surface area contributed by atoms with Crippen LogP contribution in [0.2, 0.25) is 0 Å². The number of aryl methyl sites for hydroxylation is 1. The zero-order valence-corrected chi connectivity index (χ0v) is 15.3. The van der Waals surface area contributed by atoms with Crippen molar-refractivity contribution >= 4 is 44.5 Å². The third-order valence-electron chi connectivity index (χ3n) is 4.19. The number of carboxylic acid groups (broad SMARTS) is 1. The van der Waals surface area contributed by atoms with Crippen LogP contribution in [0.5, 0.6) is 11.5 Å². The van der Waals surface area contributed by atoms with E-state index in [4.69, 9.17) is 4.74 Å². The number of pyridine rings is 1. The molecule has 1 aromatic carbocycles. The molecular weight excluding hydrogens is 366 g/mol. The SMILES string of the molecule is CNC(=O)n1c(C)cc2cc(Oc3ccnc4cc(C(=O)O)sc34)ccc21. The molecule has 3 aromatic heterocycles. The minimum absolute atomic E-state index is 0.202. The molecule has 8 heteroatoms. The Morgan fingerprint density at radius 2 is 2.04 bits per heavy atom. The van der Waals surface area contributed by atoms with Gasteiger partial charge in [-0.1, -0.05) is 0 Å². The number of aromatic nitrogens is 2. The highest BCUT2D eigenvalue weighted by atomic mass is 32.1. The van der Waals surface area contributed by atoms with Crippen LogP contribution in [0.15, 0.2) is 42.6 Å². The fourth-order valence-electron chi connectivity index (χ4n) is 3.00. The van der Waals surface area contributed by atoms with E-state index in [0.29, 0.717) is 21.7 Å². The van der Waals surface area contributed by atoms with Gasteiger partial charge in [-0.05, 0) is 37.3 Å². The zero-order chi connectivity index (χ0) is 19.1. The summed E-state index contributed by atoms with van der Waals surface area (Å²) in [5.74, 6) is 0.144. The predicted octanol–water partition coefficient (Wildman–Crippen LogP) is 4.24.